The van der Waals surface area contributed by atoms with Gasteiger partial charge >= 0.3 is 5.97 Å². The fourth-order valence-electron chi connectivity index (χ4n) is 1.58. The summed E-state index contributed by atoms with van der Waals surface area (Å²) >= 11 is 0. The summed E-state index contributed by atoms with van der Waals surface area (Å²) in [5.74, 6) is -0.939. The molecule has 0 saturated heterocycles. The molecule has 1 rings (SSSR count). The van der Waals surface area contributed by atoms with Crippen LogP contribution in [0.2, 0.25) is 0 Å². The van der Waals surface area contributed by atoms with Gasteiger partial charge in [0.1, 0.15) is 0 Å². The Morgan fingerprint density at radius 2 is 2.00 bits per heavy atom. The monoisotopic (exact) mass is 271 g/mol. The fraction of sp³-hybridized carbons (Fsp3) is 0.417. The van der Waals surface area contributed by atoms with Crippen LogP contribution in [-0.2, 0) is 10.0 Å². The quantitative estimate of drug-likeness (QED) is 0.883. The van der Waals surface area contributed by atoms with Crippen molar-refractivity contribution in [1.82, 2.24) is 4.31 Å². The van der Waals surface area contributed by atoms with E-state index in [0.717, 1.165) is 0 Å². The standard InChI is InChI=1S/C12H17NO4S/c1-9(2)8-13(3)18(16,17)11-6-4-5-10(7-11)12(14)15/h4-7,9H,8H2,1-3H3,(H,14,15). The van der Waals surface area contributed by atoms with Crippen LogP contribution >= 0.6 is 0 Å². The molecule has 0 saturated carbocycles. The second kappa shape index (κ2) is 5.49. The number of hydrogen-bond donors (Lipinski definition) is 1. The number of carboxylic acid groups (broad SMARTS) is 1. The highest BCUT2D eigenvalue weighted by atomic mass is 32.2. The van der Waals surface area contributed by atoms with E-state index in [1.807, 2.05) is 13.8 Å². The van der Waals surface area contributed by atoms with E-state index in [1.165, 1.54) is 35.6 Å². The molecule has 5 nitrogen and oxygen atoms in total. The summed E-state index contributed by atoms with van der Waals surface area (Å²) in [5, 5.41) is 8.85. The molecule has 18 heavy (non-hydrogen) atoms. The SMILES string of the molecule is CC(C)CN(C)S(=O)(=O)c1cccc(C(=O)O)c1. The van der Waals surface area contributed by atoms with Gasteiger partial charge in [-0.3, -0.25) is 0 Å². The first-order valence-corrected chi connectivity index (χ1v) is 6.99. The highest BCUT2D eigenvalue weighted by molar-refractivity contribution is 7.89. The number of hydrogen-bond acceptors (Lipinski definition) is 3. The van der Waals surface area contributed by atoms with Crippen molar-refractivity contribution in [3.8, 4) is 0 Å². The van der Waals surface area contributed by atoms with Crippen molar-refractivity contribution >= 4 is 16.0 Å². The second-order valence-electron chi connectivity index (χ2n) is 4.51. The van der Waals surface area contributed by atoms with Gasteiger partial charge in [-0.2, -0.15) is 0 Å². The molecule has 6 heteroatoms. The zero-order valence-corrected chi connectivity index (χ0v) is 11.4. The summed E-state index contributed by atoms with van der Waals surface area (Å²) in [7, 11) is -2.13. The number of carbonyl (C=O) groups is 1. The van der Waals surface area contributed by atoms with Gasteiger partial charge in [-0.25, -0.2) is 17.5 Å². The highest BCUT2D eigenvalue weighted by Gasteiger charge is 2.22. The van der Waals surface area contributed by atoms with Crippen molar-refractivity contribution in [3.63, 3.8) is 0 Å². The van der Waals surface area contributed by atoms with Gasteiger partial charge in [0.15, 0.2) is 0 Å². The zero-order valence-electron chi connectivity index (χ0n) is 10.6. The minimum absolute atomic E-state index is 0.00514. The number of benzene rings is 1. The lowest BCUT2D eigenvalue weighted by Gasteiger charge is -2.19. The summed E-state index contributed by atoms with van der Waals surface area (Å²) in [6.45, 7) is 4.22. The number of sulfonamides is 1. The van der Waals surface area contributed by atoms with E-state index in [4.69, 9.17) is 5.11 Å². The normalized spacial score (nSPS) is 12.1. The number of rotatable bonds is 5. The molecule has 100 valence electrons. The zero-order chi connectivity index (χ0) is 13.9. The average Bonchev–Trinajstić information content (AvgIpc) is 2.28. The summed E-state index contributed by atoms with van der Waals surface area (Å²) in [5.41, 5.74) is -0.0333. The minimum atomic E-state index is -3.62. The first-order valence-electron chi connectivity index (χ1n) is 5.55. The predicted molar refractivity (Wildman–Crippen MR) is 68.1 cm³/mol. The van der Waals surface area contributed by atoms with Crippen LogP contribution in [0.5, 0.6) is 0 Å². The first-order chi connectivity index (χ1) is 8.25. The van der Waals surface area contributed by atoms with Crippen LogP contribution in [0.15, 0.2) is 29.2 Å². The summed E-state index contributed by atoms with van der Waals surface area (Å²) in [6.07, 6.45) is 0. The van der Waals surface area contributed by atoms with Crippen LogP contribution < -0.4 is 0 Å². The topological polar surface area (TPSA) is 74.7 Å². The lowest BCUT2D eigenvalue weighted by molar-refractivity contribution is 0.0696. The molecule has 1 aromatic rings. The minimum Gasteiger partial charge on any atom is -0.478 e. The Kier molecular flexibility index (Phi) is 4.48. The molecule has 1 aromatic carbocycles. The summed E-state index contributed by atoms with van der Waals surface area (Å²) in [6, 6.07) is 5.37. The van der Waals surface area contributed by atoms with Crippen molar-refractivity contribution in [2.75, 3.05) is 13.6 Å². The Hall–Kier alpha value is -1.40. The molecule has 0 unspecified atom stereocenters. The third kappa shape index (κ3) is 3.30. The maximum atomic E-state index is 12.2. The van der Waals surface area contributed by atoms with Gasteiger partial charge in [-0.1, -0.05) is 19.9 Å². The molecule has 0 fully saturated rings. The first kappa shape index (κ1) is 14.7. The third-order valence-electron chi connectivity index (χ3n) is 2.41. The molecule has 0 amide bonds. The van der Waals surface area contributed by atoms with Crippen LogP contribution in [0.4, 0.5) is 0 Å². The summed E-state index contributed by atoms with van der Waals surface area (Å²) in [4.78, 5) is 10.8. The molecule has 0 heterocycles. The van der Waals surface area contributed by atoms with Gasteiger partial charge in [0, 0.05) is 13.6 Å². The fourth-order valence-corrected chi connectivity index (χ4v) is 2.96. The molecular weight excluding hydrogens is 254 g/mol. The van der Waals surface area contributed by atoms with Gasteiger partial charge in [0.25, 0.3) is 0 Å². The van der Waals surface area contributed by atoms with Crippen molar-refractivity contribution in [2.45, 2.75) is 18.7 Å². The van der Waals surface area contributed by atoms with E-state index < -0.39 is 16.0 Å². The van der Waals surface area contributed by atoms with Crippen LogP contribution in [0, 0.1) is 5.92 Å². The van der Waals surface area contributed by atoms with Crippen LogP contribution in [0.1, 0.15) is 24.2 Å². The van der Waals surface area contributed by atoms with Crippen LogP contribution in [0.25, 0.3) is 0 Å². The molecule has 0 atom stereocenters. The molecule has 0 aromatic heterocycles. The Morgan fingerprint density at radius 1 is 1.39 bits per heavy atom. The third-order valence-corrected chi connectivity index (χ3v) is 4.23. The molecule has 0 spiro atoms. The van der Waals surface area contributed by atoms with Crippen molar-refractivity contribution < 1.29 is 18.3 Å². The van der Waals surface area contributed by atoms with Gasteiger partial charge in [-0.05, 0) is 24.1 Å². The van der Waals surface area contributed by atoms with Crippen molar-refractivity contribution in [2.24, 2.45) is 5.92 Å². The molecule has 0 aliphatic heterocycles. The Bertz CT molecular complexity index is 537. The van der Waals surface area contributed by atoms with E-state index in [-0.39, 0.29) is 16.4 Å². The second-order valence-corrected chi connectivity index (χ2v) is 6.56. The van der Waals surface area contributed by atoms with Crippen LogP contribution in [-0.4, -0.2) is 37.4 Å². The average molecular weight is 271 g/mol. The van der Waals surface area contributed by atoms with Gasteiger partial charge in [0.05, 0.1) is 10.5 Å². The van der Waals surface area contributed by atoms with Crippen molar-refractivity contribution in [1.29, 1.82) is 0 Å². The smallest absolute Gasteiger partial charge is 0.335 e. The molecule has 1 N–H and O–H groups in total. The van der Waals surface area contributed by atoms with E-state index in [1.54, 1.807) is 0 Å². The Morgan fingerprint density at radius 3 is 2.50 bits per heavy atom. The lowest BCUT2D eigenvalue weighted by atomic mass is 10.2. The molecule has 0 aliphatic rings. The number of carboxylic acids is 1. The number of aromatic carboxylic acids is 1. The van der Waals surface area contributed by atoms with E-state index >= 15 is 0 Å². The van der Waals surface area contributed by atoms with Gasteiger partial charge < -0.3 is 5.11 Å². The van der Waals surface area contributed by atoms with Gasteiger partial charge in [0.2, 0.25) is 10.0 Å². The highest BCUT2D eigenvalue weighted by Crippen LogP contribution is 2.17. The predicted octanol–water partition coefficient (Wildman–Crippen LogP) is 1.66. The van der Waals surface area contributed by atoms with E-state index in [2.05, 4.69) is 0 Å². The Labute approximate surface area is 107 Å². The van der Waals surface area contributed by atoms with E-state index in [0.29, 0.717) is 6.54 Å². The molecule has 0 aliphatic carbocycles. The molecular formula is C12H17NO4S. The van der Waals surface area contributed by atoms with Crippen LogP contribution in [0.3, 0.4) is 0 Å². The molecule has 0 bridgehead atoms. The van der Waals surface area contributed by atoms with Gasteiger partial charge in [-0.15, -0.1) is 0 Å². The maximum absolute atomic E-state index is 12.2. The summed E-state index contributed by atoms with van der Waals surface area (Å²) < 4.78 is 25.6. The lowest BCUT2D eigenvalue weighted by Crippen LogP contribution is -2.30. The Balaban J connectivity index is 3.12. The number of nitrogens with zero attached hydrogens (tertiary/aromatic N) is 1. The maximum Gasteiger partial charge on any atom is 0.335 e. The molecule has 0 radical (unpaired) electrons. The van der Waals surface area contributed by atoms with E-state index in [9.17, 15) is 13.2 Å². The largest absolute Gasteiger partial charge is 0.478 e. The van der Waals surface area contributed by atoms with Crippen molar-refractivity contribution in [3.05, 3.63) is 29.8 Å².